The quantitative estimate of drug-likeness (QED) is 0.734. The Kier molecular flexibility index (Phi) is 4.88. The van der Waals surface area contributed by atoms with Gasteiger partial charge in [-0.25, -0.2) is 4.98 Å². The van der Waals surface area contributed by atoms with Crippen LogP contribution in [0.1, 0.15) is 31.8 Å². The van der Waals surface area contributed by atoms with Crippen molar-refractivity contribution in [3.8, 4) is 0 Å². The van der Waals surface area contributed by atoms with Crippen LogP contribution >= 0.6 is 11.8 Å². The Hall–Kier alpha value is -3.12. The second-order valence-corrected chi connectivity index (χ2v) is 7.71. The van der Waals surface area contributed by atoms with Crippen molar-refractivity contribution in [2.75, 3.05) is 11.9 Å². The molecular formula is C22H19N3O2S. The number of fused-ring (bicyclic) bond motifs is 2. The average molecular weight is 389 g/mol. The molecule has 1 aliphatic rings. The highest BCUT2D eigenvalue weighted by molar-refractivity contribution is 7.99. The summed E-state index contributed by atoms with van der Waals surface area (Å²) in [5, 5.41) is 3.61. The summed E-state index contributed by atoms with van der Waals surface area (Å²) in [5.41, 5.74) is 4.10. The molecule has 0 spiro atoms. The number of amides is 2. The maximum atomic E-state index is 12.7. The molecule has 0 aliphatic carbocycles. The van der Waals surface area contributed by atoms with E-state index >= 15 is 0 Å². The second kappa shape index (κ2) is 7.48. The topological polar surface area (TPSA) is 62.3 Å². The first kappa shape index (κ1) is 18.3. The van der Waals surface area contributed by atoms with Crippen LogP contribution in [0.4, 0.5) is 5.69 Å². The Morgan fingerprint density at radius 2 is 2.00 bits per heavy atom. The van der Waals surface area contributed by atoms with Gasteiger partial charge in [-0.05, 0) is 42.8 Å². The van der Waals surface area contributed by atoms with Crippen molar-refractivity contribution in [2.24, 2.45) is 0 Å². The molecule has 0 fully saturated rings. The van der Waals surface area contributed by atoms with Gasteiger partial charge < -0.3 is 10.2 Å². The summed E-state index contributed by atoms with van der Waals surface area (Å²) in [4.78, 5) is 32.1. The van der Waals surface area contributed by atoms with Gasteiger partial charge in [0.05, 0.1) is 11.3 Å². The van der Waals surface area contributed by atoms with E-state index in [9.17, 15) is 9.59 Å². The minimum atomic E-state index is -0.149. The third-order valence-corrected chi connectivity index (χ3v) is 5.70. The Labute approximate surface area is 167 Å². The third-order valence-electron chi connectivity index (χ3n) is 4.63. The lowest BCUT2D eigenvalue weighted by molar-refractivity contribution is 0.0949. The van der Waals surface area contributed by atoms with E-state index in [-0.39, 0.29) is 11.8 Å². The molecule has 2 amide bonds. The third kappa shape index (κ3) is 3.51. The molecule has 2 aromatic carbocycles. The number of anilines is 1. The standard InChI is InChI=1S/C22H19N3O2S/c1-14-5-3-6-15(11-14)13-24-20(26)16-8-9-18-19(12-16)28-21-17(7-4-10-23-21)22(27)25(18)2/h3-12H,13H2,1-2H3,(H,24,26). The van der Waals surface area contributed by atoms with E-state index in [1.807, 2.05) is 37.3 Å². The van der Waals surface area contributed by atoms with Gasteiger partial charge in [-0.15, -0.1) is 0 Å². The van der Waals surface area contributed by atoms with Crippen LogP contribution in [0.3, 0.4) is 0 Å². The molecule has 0 radical (unpaired) electrons. The van der Waals surface area contributed by atoms with Crippen LogP contribution < -0.4 is 10.2 Å². The zero-order valence-corrected chi connectivity index (χ0v) is 16.4. The van der Waals surface area contributed by atoms with E-state index in [1.165, 1.54) is 11.8 Å². The molecule has 0 unspecified atom stereocenters. The average Bonchev–Trinajstić information content (AvgIpc) is 2.81. The van der Waals surface area contributed by atoms with Gasteiger partial charge in [0.2, 0.25) is 0 Å². The van der Waals surface area contributed by atoms with Crippen LogP contribution in [0.15, 0.2) is 70.7 Å². The SMILES string of the molecule is Cc1cccc(CNC(=O)c2ccc3c(c2)Sc2ncccc2C(=O)N3C)c1. The molecule has 4 rings (SSSR count). The van der Waals surface area contributed by atoms with E-state index in [1.54, 1.807) is 36.3 Å². The number of carbonyl (C=O) groups is 2. The lowest BCUT2D eigenvalue weighted by Crippen LogP contribution is -2.26. The molecule has 1 aliphatic heterocycles. The van der Waals surface area contributed by atoms with Gasteiger partial charge in [0, 0.05) is 30.2 Å². The predicted molar refractivity (Wildman–Crippen MR) is 110 cm³/mol. The summed E-state index contributed by atoms with van der Waals surface area (Å²) in [6.45, 7) is 2.49. The summed E-state index contributed by atoms with van der Waals surface area (Å²) in [7, 11) is 1.74. The van der Waals surface area contributed by atoms with E-state index in [4.69, 9.17) is 0 Å². The molecule has 28 heavy (non-hydrogen) atoms. The maximum absolute atomic E-state index is 12.7. The Morgan fingerprint density at radius 3 is 2.82 bits per heavy atom. The Bertz CT molecular complexity index is 1080. The van der Waals surface area contributed by atoms with Gasteiger partial charge >= 0.3 is 0 Å². The first-order valence-electron chi connectivity index (χ1n) is 8.91. The van der Waals surface area contributed by atoms with Gasteiger partial charge in [0.25, 0.3) is 11.8 Å². The Balaban J connectivity index is 1.59. The van der Waals surface area contributed by atoms with Crippen molar-refractivity contribution in [3.05, 3.63) is 83.0 Å². The van der Waals surface area contributed by atoms with E-state index in [2.05, 4.69) is 16.4 Å². The lowest BCUT2D eigenvalue weighted by atomic mass is 10.1. The van der Waals surface area contributed by atoms with Gasteiger partial charge in [0.15, 0.2) is 0 Å². The van der Waals surface area contributed by atoms with Crippen LogP contribution in [0.2, 0.25) is 0 Å². The van der Waals surface area contributed by atoms with Gasteiger partial charge in [-0.1, -0.05) is 41.6 Å². The minimum Gasteiger partial charge on any atom is -0.348 e. The number of benzene rings is 2. The fourth-order valence-corrected chi connectivity index (χ4v) is 4.23. The molecule has 3 aromatic rings. The summed E-state index contributed by atoms with van der Waals surface area (Å²) in [6, 6.07) is 17.0. The van der Waals surface area contributed by atoms with Gasteiger partial charge in [0.1, 0.15) is 5.03 Å². The summed E-state index contributed by atoms with van der Waals surface area (Å²) in [5.74, 6) is -0.254. The summed E-state index contributed by atoms with van der Waals surface area (Å²) < 4.78 is 0. The number of aromatic nitrogens is 1. The first-order chi connectivity index (χ1) is 13.5. The number of hydrogen-bond acceptors (Lipinski definition) is 4. The summed E-state index contributed by atoms with van der Waals surface area (Å²) >= 11 is 1.41. The zero-order valence-electron chi connectivity index (χ0n) is 15.6. The minimum absolute atomic E-state index is 0.106. The van der Waals surface area contributed by atoms with Gasteiger partial charge in [-0.2, -0.15) is 0 Å². The number of carbonyl (C=O) groups excluding carboxylic acids is 2. The smallest absolute Gasteiger partial charge is 0.260 e. The van der Waals surface area contributed by atoms with E-state index in [0.29, 0.717) is 22.7 Å². The zero-order chi connectivity index (χ0) is 19.7. The molecule has 1 aromatic heterocycles. The van der Waals surface area contributed by atoms with Crippen molar-refractivity contribution in [3.63, 3.8) is 0 Å². The van der Waals surface area contributed by atoms with Crippen molar-refractivity contribution < 1.29 is 9.59 Å². The molecule has 0 atom stereocenters. The highest BCUT2D eigenvalue weighted by Crippen LogP contribution is 2.40. The molecule has 0 saturated carbocycles. The fraction of sp³-hybridized carbons (Fsp3) is 0.136. The summed E-state index contributed by atoms with van der Waals surface area (Å²) in [6.07, 6.45) is 1.67. The number of rotatable bonds is 3. The number of aryl methyl sites for hydroxylation is 1. The molecule has 140 valence electrons. The number of pyridine rings is 1. The monoisotopic (exact) mass is 389 g/mol. The van der Waals surface area contributed by atoms with Crippen molar-refractivity contribution in [1.29, 1.82) is 0 Å². The normalized spacial score (nSPS) is 12.8. The van der Waals surface area contributed by atoms with Gasteiger partial charge in [-0.3, -0.25) is 9.59 Å². The van der Waals surface area contributed by atoms with Crippen LogP contribution in [0.5, 0.6) is 0 Å². The molecule has 1 N–H and O–H groups in total. The fourth-order valence-electron chi connectivity index (χ4n) is 3.15. The van der Waals surface area contributed by atoms with Crippen LogP contribution in [0, 0.1) is 6.92 Å². The van der Waals surface area contributed by atoms with Crippen molar-refractivity contribution >= 4 is 29.3 Å². The second-order valence-electron chi connectivity index (χ2n) is 6.68. The number of nitrogens with zero attached hydrogens (tertiary/aromatic N) is 2. The predicted octanol–water partition coefficient (Wildman–Crippen LogP) is 4.06. The molecular weight excluding hydrogens is 370 g/mol. The molecule has 2 heterocycles. The van der Waals surface area contributed by atoms with Crippen LogP contribution in [-0.2, 0) is 6.54 Å². The van der Waals surface area contributed by atoms with Crippen LogP contribution in [0.25, 0.3) is 0 Å². The molecule has 6 heteroatoms. The van der Waals surface area contributed by atoms with Crippen molar-refractivity contribution in [1.82, 2.24) is 10.3 Å². The highest BCUT2D eigenvalue weighted by Gasteiger charge is 2.26. The Morgan fingerprint density at radius 1 is 1.14 bits per heavy atom. The van der Waals surface area contributed by atoms with Crippen molar-refractivity contribution in [2.45, 2.75) is 23.4 Å². The molecule has 0 saturated heterocycles. The number of nitrogens with one attached hydrogen (secondary N) is 1. The number of hydrogen-bond donors (Lipinski definition) is 1. The lowest BCUT2D eigenvalue weighted by Gasteiger charge is -2.17. The van der Waals surface area contributed by atoms with E-state index in [0.717, 1.165) is 21.7 Å². The molecule has 0 bridgehead atoms. The molecule has 5 nitrogen and oxygen atoms in total. The first-order valence-corrected chi connectivity index (χ1v) is 9.73. The largest absolute Gasteiger partial charge is 0.348 e. The van der Waals surface area contributed by atoms with Crippen LogP contribution in [-0.4, -0.2) is 23.8 Å². The van der Waals surface area contributed by atoms with E-state index < -0.39 is 0 Å². The maximum Gasteiger partial charge on any atom is 0.260 e. The highest BCUT2D eigenvalue weighted by atomic mass is 32.2.